The Bertz CT molecular complexity index is 947. The molecule has 2 aromatic rings. The van der Waals surface area contributed by atoms with Gasteiger partial charge in [0.25, 0.3) is 0 Å². The zero-order valence-electron chi connectivity index (χ0n) is 16.1. The molecule has 1 fully saturated rings. The molecule has 1 aromatic heterocycles. The van der Waals surface area contributed by atoms with Crippen molar-refractivity contribution in [3.8, 4) is 17.6 Å². The van der Waals surface area contributed by atoms with E-state index in [0.29, 0.717) is 17.9 Å². The summed E-state index contributed by atoms with van der Waals surface area (Å²) in [5, 5.41) is 10.2. The molecule has 1 saturated heterocycles. The number of aryl methyl sites for hydroxylation is 2. The first-order valence-corrected chi connectivity index (χ1v) is 8.93. The van der Waals surface area contributed by atoms with Gasteiger partial charge >= 0.3 is 17.9 Å². The van der Waals surface area contributed by atoms with Crippen molar-refractivity contribution in [2.75, 3.05) is 6.61 Å². The first kappa shape index (κ1) is 20.5. The third-order valence-electron chi connectivity index (χ3n) is 4.45. The molecule has 1 aromatic carbocycles. The van der Waals surface area contributed by atoms with Gasteiger partial charge in [-0.2, -0.15) is 0 Å². The predicted molar refractivity (Wildman–Crippen MR) is 100 cm³/mol. The van der Waals surface area contributed by atoms with Crippen LogP contribution in [-0.4, -0.2) is 35.2 Å². The van der Waals surface area contributed by atoms with Crippen molar-refractivity contribution in [1.29, 1.82) is 0 Å². The molecule has 8 heteroatoms. The van der Waals surface area contributed by atoms with Crippen LogP contribution in [0.25, 0.3) is 0 Å². The summed E-state index contributed by atoms with van der Waals surface area (Å²) in [4.78, 5) is 22.4. The van der Waals surface area contributed by atoms with Crippen LogP contribution < -0.4 is 10.5 Å². The lowest BCUT2D eigenvalue weighted by Gasteiger charge is -2.34. The Morgan fingerprint density at radius 2 is 1.79 bits per heavy atom. The molecule has 0 saturated carbocycles. The fourth-order valence-electron chi connectivity index (χ4n) is 2.59. The van der Waals surface area contributed by atoms with Gasteiger partial charge in [-0.3, -0.25) is 0 Å². The molecule has 0 radical (unpaired) electrons. The van der Waals surface area contributed by atoms with Crippen molar-refractivity contribution in [3.05, 3.63) is 53.5 Å². The Labute approximate surface area is 167 Å². The average molecular weight is 399 g/mol. The number of nitrogens with two attached hydrogens (primary N) is 1. The van der Waals surface area contributed by atoms with Gasteiger partial charge in [0.05, 0.1) is 0 Å². The number of benzene rings is 1. The lowest BCUT2D eigenvalue weighted by atomic mass is 9.93. The highest BCUT2D eigenvalue weighted by Crippen LogP contribution is 2.32. The summed E-state index contributed by atoms with van der Waals surface area (Å²) < 4.78 is 20.3. The van der Waals surface area contributed by atoms with Crippen LogP contribution in [0.3, 0.4) is 0 Å². The maximum absolute atomic E-state index is 11.2. The maximum atomic E-state index is 11.2. The highest BCUT2D eigenvalue weighted by atomic mass is 16.9. The maximum Gasteiger partial charge on any atom is 0.422 e. The number of ether oxygens (including phenoxy) is 3. The standard InChI is InChI=1S/C21H21NO7/c1-14-5-7-15(8-6-14)26-13-3-4-16-9-10-17(27-16)11-12-20(2,22)21(25)28-18(23)19(24)29-21/h5-10,25H,11-13,22H2,1-2H3/t20-/m1/s1. The molecule has 3 N–H and O–H groups in total. The second kappa shape index (κ2) is 7.99. The highest BCUT2D eigenvalue weighted by Gasteiger charge is 2.58. The number of carbonyl (C=O) groups is 2. The number of hydrogen-bond donors (Lipinski definition) is 2. The number of aliphatic hydroxyl groups is 1. The first-order chi connectivity index (χ1) is 13.7. The van der Waals surface area contributed by atoms with E-state index >= 15 is 0 Å². The minimum absolute atomic E-state index is 0.112. The number of esters is 2. The van der Waals surface area contributed by atoms with Crippen molar-refractivity contribution < 1.29 is 33.3 Å². The van der Waals surface area contributed by atoms with Crippen LogP contribution in [0.1, 0.15) is 30.4 Å². The Kier molecular flexibility index (Phi) is 5.64. The van der Waals surface area contributed by atoms with Gasteiger partial charge in [0, 0.05) is 6.42 Å². The van der Waals surface area contributed by atoms with Crippen LogP contribution in [0.5, 0.6) is 5.75 Å². The van der Waals surface area contributed by atoms with Gasteiger partial charge < -0.3 is 29.5 Å². The predicted octanol–water partition coefficient (Wildman–Crippen LogP) is 1.41. The molecule has 0 unspecified atom stereocenters. The molecule has 3 rings (SSSR count). The summed E-state index contributed by atoms with van der Waals surface area (Å²) in [6.07, 6.45) is 0.410. The van der Waals surface area contributed by atoms with Crippen LogP contribution >= 0.6 is 0 Å². The van der Waals surface area contributed by atoms with Crippen LogP contribution in [0.2, 0.25) is 0 Å². The van der Waals surface area contributed by atoms with Crippen LogP contribution in [0, 0.1) is 18.8 Å². The van der Waals surface area contributed by atoms with Gasteiger partial charge in [-0.25, -0.2) is 9.59 Å². The Morgan fingerprint density at radius 3 is 2.45 bits per heavy atom. The normalized spacial score (nSPS) is 17.0. The second-order valence-electron chi connectivity index (χ2n) is 6.95. The second-order valence-corrected chi connectivity index (χ2v) is 6.95. The van der Waals surface area contributed by atoms with Gasteiger partial charge in [0.15, 0.2) is 5.76 Å². The third kappa shape index (κ3) is 4.77. The molecule has 1 atom stereocenters. The molecule has 29 heavy (non-hydrogen) atoms. The molecular weight excluding hydrogens is 378 g/mol. The lowest BCUT2D eigenvalue weighted by Crippen LogP contribution is -2.60. The average Bonchev–Trinajstić information content (AvgIpc) is 3.23. The fourth-order valence-corrected chi connectivity index (χ4v) is 2.59. The van der Waals surface area contributed by atoms with E-state index in [0.717, 1.165) is 11.3 Å². The molecule has 0 aliphatic carbocycles. The van der Waals surface area contributed by atoms with Crippen LogP contribution in [0.15, 0.2) is 40.8 Å². The lowest BCUT2D eigenvalue weighted by molar-refractivity contribution is -0.324. The summed E-state index contributed by atoms with van der Waals surface area (Å²) in [6.45, 7) is 3.62. The molecule has 0 bridgehead atoms. The number of hydrogen-bond acceptors (Lipinski definition) is 8. The van der Waals surface area contributed by atoms with Crippen LogP contribution in [0.4, 0.5) is 0 Å². The molecule has 0 amide bonds. The van der Waals surface area contributed by atoms with E-state index in [1.54, 1.807) is 12.1 Å². The summed E-state index contributed by atoms with van der Waals surface area (Å²) in [5.74, 6) is 2.39. The van der Waals surface area contributed by atoms with Crippen molar-refractivity contribution in [3.63, 3.8) is 0 Å². The first-order valence-electron chi connectivity index (χ1n) is 8.93. The smallest absolute Gasteiger partial charge is 0.422 e. The molecule has 1 aliphatic heterocycles. The minimum atomic E-state index is -2.51. The largest absolute Gasteiger partial charge is 0.481 e. The van der Waals surface area contributed by atoms with E-state index in [1.807, 2.05) is 31.2 Å². The van der Waals surface area contributed by atoms with Crippen molar-refractivity contribution in [1.82, 2.24) is 0 Å². The third-order valence-corrected chi connectivity index (χ3v) is 4.45. The molecule has 152 valence electrons. The van der Waals surface area contributed by atoms with E-state index < -0.39 is 23.5 Å². The van der Waals surface area contributed by atoms with E-state index in [9.17, 15) is 14.7 Å². The van der Waals surface area contributed by atoms with Gasteiger partial charge in [-0.05, 0) is 50.5 Å². The van der Waals surface area contributed by atoms with Crippen molar-refractivity contribution >= 4 is 11.9 Å². The summed E-state index contributed by atoms with van der Waals surface area (Å²) in [5.41, 5.74) is 5.62. The fraction of sp³-hybridized carbons (Fsp3) is 0.333. The number of carbonyl (C=O) groups excluding carboxylic acids is 2. The topological polar surface area (TPSA) is 121 Å². The van der Waals surface area contributed by atoms with Gasteiger partial charge in [-0.1, -0.05) is 23.6 Å². The van der Waals surface area contributed by atoms with Crippen molar-refractivity contribution in [2.24, 2.45) is 5.73 Å². The SMILES string of the molecule is Cc1ccc(OCC#Cc2ccc(CC[C@@](C)(N)C3(O)OC(=O)C(=O)O3)o2)cc1. The monoisotopic (exact) mass is 399 g/mol. The van der Waals surface area contributed by atoms with Crippen LogP contribution in [-0.2, 0) is 25.5 Å². The Morgan fingerprint density at radius 1 is 1.14 bits per heavy atom. The Balaban J connectivity index is 1.52. The zero-order valence-corrected chi connectivity index (χ0v) is 16.1. The van der Waals surface area contributed by atoms with E-state index in [2.05, 4.69) is 21.3 Å². The summed E-state index contributed by atoms with van der Waals surface area (Å²) in [6, 6.07) is 11.1. The molecular formula is C21H21NO7. The van der Waals surface area contributed by atoms with Gasteiger partial charge in [0.1, 0.15) is 23.7 Å². The number of furan rings is 1. The van der Waals surface area contributed by atoms with E-state index in [1.165, 1.54) is 6.92 Å². The van der Waals surface area contributed by atoms with Gasteiger partial charge in [0.2, 0.25) is 0 Å². The quantitative estimate of drug-likeness (QED) is 0.425. The summed E-state index contributed by atoms with van der Waals surface area (Å²) in [7, 11) is 0. The molecule has 2 heterocycles. The minimum Gasteiger partial charge on any atom is -0.481 e. The van der Waals surface area contributed by atoms with E-state index in [-0.39, 0.29) is 13.0 Å². The molecule has 8 nitrogen and oxygen atoms in total. The number of cyclic esters (lactones) is 2. The summed E-state index contributed by atoms with van der Waals surface area (Å²) >= 11 is 0. The molecule has 1 aliphatic rings. The zero-order chi connectivity index (χ0) is 21.1. The van der Waals surface area contributed by atoms with E-state index in [4.69, 9.17) is 14.9 Å². The van der Waals surface area contributed by atoms with Gasteiger partial charge in [-0.15, -0.1) is 0 Å². The molecule has 0 spiro atoms. The highest BCUT2D eigenvalue weighted by molar-refractivity contribution is 6.31. The number of rotatable bonds is 6. The van der Waals surface area contributed by atoms with Crippen molar-refractivity contribution in [2.45, 2.75) is 38.2 Å². The Hall–Kier alpha value is -3.28.